The third-order valence-electron chi connectivity index (χ3n) is 6.35. The first-order valence-electron chi connectivity index (χ1n) is 11.0. The molecule has 0 bridgehead atoms. The number of nitrogens with zero attached hydrogens (tertiary/aromatic N) is 2. The van der Waals surface area contributed by atoms with E-state index in [0.717, 1.165) is 24.0 Å². The highest BCUT2D eigenvalue weighted by Gasteiger charge is 2.37. The minimum absolute atomic E-state index is 0.0359. The number of aliphatic hydroxyl groups excluding tert-OH is 1. The Labute approximate surface area is 190 Å². The maximum absolute atomic E-state index is 12.4. The minimum atomic E-state index is -0.863. The van der Waals surface area contributed by atoms with Crippen LogP contribution in [0.5, 0.6) is 5.75 Å². The van der Waals surface area contributed by atoms with E-state index in [1.807, 2.05) is 12.1 Å². The van der Waals surface area contributed by atoms with E-state index < -0.39 is 18.3 Å². The van der Waals surface area contributed by atoms with E-state index in [9.17, 15) is 20.0 Å². The standard InChI is InChI=1S/C24H24N4O5/c25-9-16-3-1-2-15-6-14(7-18(15)16)10-26-11-20(29)22-12-28(24(31)33-22)17-4-5-21-19(8-17)27-23(30)13-32-21/h1-5,8,14,20,22,26,29H,6-7,10-13H2,(H,27,30)/t14?,20?,22-/m0/s1. The molecule has 0 aromatic heterocycles. The maximum Gasteiger partial charge on any atom is 0.414 e. The molecular formula is C24H24N4O5. The Balaban J connectivity index is 1.14. The van der Waals surface area contributed by atoms with Crippen LogP contribution in [0.2, 0.25) is 0 Å². The van der Waals surface area contributed by atoms with E-state index in [-0.39, 0.29) is 25.6 Å². The van der Waals surface area contributed by atoms with E-state index in [1.54, 1.807) is 18.2 Å². The van der Waals surface area contributed by atoms with Crippen LogP contribution < -0.4 is 20.3 Å². The number of aliphatic hydroxyl groups is 1. The highest BCUT2D eigenvalue weighted by molar-refractivity contribution is 5.97. The van der Waals surface area contributed by atoms with Crippen molar-refractivity contribution in [3.8, 4) is 11.8 Å². The van der Waals surface area contributed by atoms with Gasteiger partial charge in [0.1, 0.15) is 18.0 Å². The zero-order valence-corrected chi connectivity index (χ0v) is 17.9. The number of benzene rings is 2. The molecule has 1 aliphatic carbocycles. The molecule has 9 heteroatoms. The lowest BCUT2D eigenvalue weighted by atomic mass is 10.0. The number of nitrogens with one attached hydrogen (secondary N) is 2. The van der Waals surface area contributed by atoms with Gasteiger partial charge in [0.2, 0.25) is 0 Å². The predicted octanol–water partition coefficient (Wildman–Crippen LogP) is 1.58. The number of anilines is 2. The number of hydrogen-bond acceptors (Lipinski definition) is 7. The number of ether oxygens (including phenoxy) is 2. The molecule has 0 spiro atoms. The van der Waals surface area contributed by atoms with Gasteiger partial charge < -0.3 is 25.2 Å². The molecule has 2 aromatic rings. The molecule has 0 saturated carbocycles. The van der Waals surface area contributed by atoms with Crippen molar-refractivity contribution in [2.24, 2.45) is 5.92 Å². The average Bonchev–Trinajstić information content (AvgIpc) is 3.41. The first-order valence-corrected chi connectivity index (χ1v) is 11.0. The summed E-state index contributed by atoms with van der Waals surface area (Å²) in [5.74, 6) is 0.650. The van der Waals surface area contributed by atoms with Crippen molar-refractivity contribution in [1.82, 2.24) is 5.32 Å². The van der Waals surface area contributed by atoms with Crippen LogP contribution in [0, 0.1) is 17.2 Å². The zero-order chi connectivity index (χ0) is 22.9. The Morgan fingerprint density at radius 3 is 3.00 bits per heavy atom. The Bertz CT molecular complexity index is 1140. The average molecular weight is 448 g/mol. The van der Waals surface area contributed by atoms with Crippen LogP contribution in [0.3, 0.4) is 0 Å². The van der Waals surface area contributed by atoms with Crippen molar-refractivity contribution in [2.75, 3.05) is 36.5 Å². The van der Waals surface area contributed by atoms with Gasteiger partial charge in [-0.2, -0.15) is 5.26 Å². The van der Waals surface area contributed by atoms with Crippen molar-refractivity contribution in [1.29, 1.82) is 5.26 Å². The molecule has 3 atom stereocenters. The summed E-state index contributed by atoms with van der Waals surface area (Å²) in [6.07, 6.45) is -0.334. The Kier molecular flexibility index (Phi) is 5.62. The number of nitriles is 1. The molecule has 1 saturated heterocycles. The lowest BCUT2D eigenvalue weighted by Crippen LogP contribution is -2.40. The van der Waals surface area contributed by atoms with E-state index in [0.29, 0.717) is 29.6 Å². The van der Waals surface area contributed by atoms with Gasteiger partial charge >= 0.3 is 6.09 Å². The van der Waals surface area contributed by atoms with Crippen molar-refractivity contribution < 1.29 is 24.2 Å². The highest BCUT2D eigenvalue weighted by Crippen LogP contribution is 2.34. The van der Waals surface area contributed by atoms with Crippen molar-refractivity contribution in [3.63, 3.8) is 0 Å². The number of cyclic esters (lactones) is 1. The van der Waals surface area contributed by atoms with Crippen molar-refractivity contribution >= 4 is 23.4 Å². The number of carbonyl (C=O) groups excluding carboxylic acids is 2. The molecule has 2 aromatic carbocycles. The smallest absolute Gasteiger partial charge is 0.414 e. The van der Waals surface area contributed by atoms with Crippen LogP contribution in [-0.4, -0.2) is 55.6 Å². The van der Waals surface area contributed by atoms with Gasteiger partial charge in [-0.25, -0.2) is 4.79 Å². The Morgan fingerprint density at radius 2 is 2.15 bits per heavy atom. The third kappa shape index (κ3) is 4.23. The van der Waals surface area contributed by atoms with Crippen LogP contribution in [0.1, 0.15) is 16.7 Å². The summed E-state index contributed by atoms with van der Waals surface area (Å²) < 4.78 is 10.7. The molecule has 0 radical (unpaired) electrons. The number of fused-ring (bicyclic) bond motifs is 2. The van der Waals surface area contributed by atoms with E-state index in [4.69, 9.17) is 9.47 Å². The second-order valence-electron chi connectivity index (χ2n) is 8.61. The van der Waals surface area contributed by atoms with Gasteiger partial charge in [0.25, 0.3) is 5.91 Å². The fraction of sp³-hybridized carbons (Fsp3) is 0.375. The summed E-state index contributed by atoms with van der Waals surface area (Å²) in [4.78, 5) is 25.4. The molecule has 2 heterocycles. The molecule has 3 aliphatic rings. The van der Waals surface area contributed by atoms with Crippen LogP contribution in [0.15, 0.2) is 36.4 Å². The number of hydrogen-bond donors (Lipinski definition) is 3. The van der Waals surface area contributed by atoms with Crippen molar-refractivity contribution in [3.05, 3.63) is 53.1 Å². The lowest BCUT2D eigenvalue weighted by molar-refractivity contribution is -0.118. The first-order chi connectivity index (χ1) is 16.0. The van der Waals surface area contributed by atoms with Gasteiger partial charge in [-0.1, -0.05) is 12.1 Å². The molecule has 2 unspecified atom stereocenters. The van der Waals surface area contributed by atoms with Gasteiger partial charge in [0, 0.05) is 12.2 Å². The molecular weight excluding hydrogens is 424 g/mol. The molecule has 5 rings (SSSR count). The van der Waals surface area contributed by atoms with Gasteiger partial charge in [-0.05, 0) is 60.7 Å². The fourth-order valence-corrected chi connectivity index (χ4v) is 4.69. The van der Waals surface area contributed by atoms with Gasteiger partial charge in [0.15, 0.2) is 6.61 Å². The van der Waals surface area contributed by atoms with Gasteiger partial charge in [-0.15, -0.1) is 0 Å². The number of rotatable bonds is 6. The fourth-order valence-electron chi connectivity index (χ4n) is 4.69. The lowest BCUT2D eigenvalue weighted by Gasteiger charge is -2.21. The molecule has 2 aliphatic heterocycles. The van der Waals surface area contributed by atoms with Crippen LogP contribution >= 0.6 is 0 Å². The quantitative estimate of drug-likeness (QED) is 0.613. The van der Waals surface area contributed by atoms with E-state index >= 15 is 0 Å². The second-order valence-corrected chi connectivity index (χ2v) is 8.61. The van der Waals surface area contributed by atoms with Crippen LogP contribution in [-0.2, 0) is 22.4 Å². The molecule has 33 heavy (non-hydrogen) atoms. The van der Waals surface area contributed by atoms with E-state index in [1.165, 1.54) is 10.5 Å². The zero-order valence-electron chi connectivity index (χ0n) is 17.9. The molecule has 9 nitrogen and oxygen atoms in total. The summed E-state index contributed by atoms with van der Waals surface area (Å²) >= 11 is 0. The SMILES string of the molecule is N#Cc1cccc2c1CC(CNCC(O)[C@@H]1CN(c3ccc4c(c3)NC(=O)CO4)C(=O)O1)C2. The summed E-state index contributed by atoms with van der Waals surface area (Å²) in [6.45, 7) is 1.16. The predicted molar refractivity (Wildman–Crippen MR) is 119 cm³/mol. The monoisotopic (exact) mass is 448 g/mol. The summed E-state index contributed by atoms with van der Waals surface area (Å²) in [7, 11) is 0. The van der Waals surface area contributed by atoms with Crippen molar-refractivity contribution in [2.45, 2.75) is 25.0 Å². The Hall–Kier alpha value is -3.61. The highest BCUT2D eigenvalue weighted by atomic mass is 16.6. The minimum Gasteiger partial charge on any atom is -0.482 e. The number of amides is 2. The van der Waals surface area contributed by atoms with E-state index in [2.05, 4.69) is 22.8 Å². The Morgan fingerprint density at radius 1 is 1.27 bits per heavy atom. The van der Waals surface area contributed by atoms with Crippen LogP contribution in [0.4, 0.5) is 16.2 Å². The van der Waals surface area contributed by atoms with Gasteiger partial charge in [0.05, 0.1) is 23.9 Å². The topological polar surface area (TPSA) is 124 Å². The summed E-state index contributed by atoms with van der Waals surface area (Å²) in [5.41, 5.74) is 4.14. The van der Waals surface area contributed by atoms with Gasteiger partial charge in [-0.3, -0.25) is 9.69 Å². The van der Waals surface area contributed by atoms with Crippen LogP contribution in [0.25, 0.3) is 0 Å². The first kappa shape index (κ1) is 21.2. The number of carbonyl (C=O) groups is 2. The summed E-state index contributed by atoms with van der Waals surface area (Å²) in [6, 6.07) is 13.2. The largest absolute Gasteiger partial charge is 0.482 e. The summed E-state index contributed by atoms with van der Waals surface area (Å²) in [5, 5.41) is 25.9. The third-order valence-corrected chi connectivity index (χ3v) is 6.35. The maximum atomic E-state index is 12.4. The molecule has 2 amide bonds. The second kappa shape index (κ2) is 8.73. The molecule has 1 fully saturated rings. The normalized spacial score (nSPS) is 22.0. The molecule has 3 N–H and O–H groups in total. The molecule has 170 valence electrons.